The third-order valence-electron chi connectivity index (χ3n) is 4.11. The molecule has 3 atom stereocenters. The first-order valence-electron chi connectivity index (χ1n) is 6.64. The Morgan fingerprint density at radius 2 is 2.11 bits per heavy atom. The Morgan fingerprint density at radius 3 is 2.83 bits per heavy atom. The highest BCUT2D eigenvalue weighted by Gasteiger charge is 2.28. The summed E-state index contributed by atoms with van der Waals surface area (Å²) in [5, 5.41) is 3.18. The van der Waals surface area contributed by atoms with Crippen molar-refractivity contribution < 1.29 is 4.79 Å². The van der Waals surface area contributed by atoms with Gasteiger partial charge in [-0.1, -0.05) is 48.7 Å². The van der Waals surface area contributed by atoms with E-state index in [0.29, 0.717) is 17.9 Å². The SMILES string of the molecule is C[C@H]1[C@@H](NC(=O)c2cccc(Br)c2)CCC[C@@H]1C. The third kappa shape index (κ3) is 3.14. The van der Waals surface area contributed by atoms with Gasteiger partial charge in [0.25, 0.3) is 5.91 Å². The van der Waals surface area contributed by atoms with Crippen molar-refractivity contribution >= 4 is 21.8 Å². The zero-order chi connectivity index (χ0) is 13.1. The zero-order valence-electron chi connectivity index (χ0n) is 10.9. The number of benzene rings is 1. The van der Waals surface area contributed by atoms with Crippen LogP contribution in [0.3, 0.4) is 0 Å². The summed E-state index contributed by atoms with van der Waals surface area (Å²) in [7, 11) is 0. The molecule has 1 aromatic carbocycles. The predicted molar refractivity (Wildman–Crippen MR) is 77.6 cm³/mol. The highest BCUT2D eigenvalue weighted by Crippen LogP contribution is 2.29. The maximum Gasteiger partial charge on any atom is 0.251 e. The summed E-state index contributed by atoms with van der Waals surface area (Å²) >= 11 is 3.40. The van der Waals surface area contributed by atoms with Crippen molar-refractivity contribution in [2.75, 3.05) is 0 Å². The molecule has 2 nitrogen and oxygen atoms in total. The van der Waals surface area contributed by atoms with Crippen LogP contribution < -0.4 is 5.32 Å². The van der Waals surface area contributed by atoms with E-state index < -0.39 is 0 Å². The molecule has 1 aliphatic carbocycles. The molecule has 3 heteroatoms. The van der Waals surface area contributed by atoms with Gasteiger partial charge in [-0.15, -0.1) is 0 Å². The van der Waals surface area contributed by atoms with Crippen molar-refractivity contribution in [2.45, 2.75) is 39.2 Å². The molecule has 1 amide bonds. The van der Waals surface area contributed by atoms with E-state index in [0.717, 1.165) is 16.5 Å². The van der Waals surface area contributed by atoms with Crippen molar-refractivity contribution in [1.82, 2.24) is 5.32 Å². The lowest BCUT2D eigenvalue weighted by atomic mass is 9.78. The number of rotatable bonds is 2. The highest BCUT2D eigenvalue weighted by atomic mass is 79.9. The summed E-state index contributed by atoms with van der Waals surface area (Å²) in [6.07, 6.45) is 3.60. The number of hydrogen-bond acceptors (Lipinski definition) is 1. The number of hydrogen-bond donors (Lipinski definition) is 1. The molecule has 1 fully saturated rings. The van der Waals surface area contributed by atoms with Crippen LogP contribution in [0.15, 0.2) is 28.7 Å². The molecule has 2 rings (SSSR count). The fourth-order valence-corrected chi connectivity index (χ4v) is 3.07. The molecule has 0 radical (unpaired) electrons. The van der Waals surface area contributed by atoms with E-state index in [1.165, 1.54) is 12.8 Å². The van der Waals surface area contributed by atoms with E-state index in [2.05, 4.69) is 35.1 Å². The van der Waals surface area contributed by atoms with Gasteiger partial charge in [-0.3, -0.25) is 4.79 Å². The average Bonchev–Trinajstić information content (AvgIpc) is 2.35. The van der Waals surface area contributed by atoms with Crippen LogP contribution in [0.4, 0.5) is 0 Å². The van der Waals surface area contributed by atoms with Gasteiger partial charge in [-0.05, 0) is 36.5 Å². The molecule has 98 valence electrons. The van der Waals surface area contributed by atoms with Crippen molar-refractivity contribution in [3.63, 3.8) is 0 Å². The molecule has 1 N–H and O–H groups in total. The molecule has 1 aromatic rings. The molecule has 0 aromatic heterocycles. The van der Waals surface area contributed by atoms with Gasteiger partial charge in [-0.25, -0.2) is 0 Å². The van der Waals surface area contributed by atoms with E-state index in [4.69, 9.17) is 0 Å². The van der Waals surface area contributed by atoms with E-state index in [1.54, 1.807) is 0 Å². The molecule has 1 aliphatic rings. The highest BCUT2D eigenvalue weighted by molar-refractivity contribution is 9.10. The summed E-state index contributed by atoms with van der Waals surface area (Å²) in [5.74, 6) is 1.31. The van der Waals surface area contributed by atoms with Crippen molar-refractivity contribution in [3.8, 4) is 0 Å². The smallest absolute Gasteiger partial charge is 0.251 e. The third-order valence-corrected chi connectivity index (χ3v) is 4.60. The minimum absolute atomic E-state index is 0.0438. The van der Waals surface area contributed by atoms with Crippen molar-refractivity contribution in [1.29, 1.82) is 0 Å². The van der Waals surface area contributed by atoms with Gasteiger partial charge >= 0.3 is 0 Å². The molecule has 0 bridgehead atoms. The van der Waals surface area contributed by atoms with E-state index >= 15 is 0 Å². The van der Waals surface area contributed by atoms with Gasteiger partial charge < -0.3 is 5.32 Å². The van der Waals surface area contributed by atoms with Crippen LogP contribution in [-0.4, -0.2) is 11.9 Å². The minimum atomic E-state index is 0.0438. The maximum atomic E-state index is 12.2. The maximum absolute atomic E-state index is 12.2. The molecule has 0 unspecified atom stereocenters. The van der Waals surface area contributed by atoms with Crippen LogP contribution in [0.25, 0.3) is 0 Å². The zero-order valence-corrected chi connectivity index (χ0v) is 12.5. The molecule has 1 saturated carbocycles. The molecular formula is C15H20BrNO. The van der Waals surface area contributed by atoms with Crippen molar-refractivity contribution in [3.05, 3.63) is 34.3 Å². The average molecular weight is 310 g/mol. The van der Waals surface area contributed by atoms with Crippen LogP contribution in [0.5, 0.6) is 0 Å². The van der Waals surface area contributed by atoms with E-state index in [9.17, 15) is 4.79 Å². The molecule has 0 aliphatic heterocycles. The van der Waals surface area contributed by atoms with Crippen LogP contribution >= 0.6 is 15.9 Å². The topological polar surface area (TPSA) is 29.1 Å². The Bertz CT molecular complexity index is 432. The summed E-state index contributed by atoms with van der Waals surface area (Å²) in [6.45, 7) is 4.53. The normalized spacial score (nSPS) is 27.8. The number of carbonyl (C=O) groups is 1. The Morgan fingerprint density at radius 1 is 1.33 bits per heavy atom. The summed E-state index contributed by atoms with van der Waals surface area (Å²) < 4.78 is 0.945. The van der Waals surface area contributed by atoms with Crippen LogP contribution in [-0.2, 0) is 0 Å². The number of nitrogens with one attached hydrogen (secondary N) is 1. The van der Waals surface area contributed by atoms with Gasteiger partial charge in [0.05, 0.1) is 0 Å². The fourth-order valence-electron chi connectivity index (χ4n) is 2.67. The summed E-state index contributed by atoms with van der Waals surface area (Å²) in [5.41, 5.74) is 0.731. The summed E-state index contributed by atoms with van der Waals surface area (Å²) in [6, 6.07) is 7.87. The van der Waals surface area contributed by atoms with Gasteiger partial charge in [0.15, 0.2) is 0 Å². The first kappa shape index (κ1) is 13.6. The van der Waals surface area contributed by atoms with E-state index in [1.807, 2.05) is 24.3 Å². The first-order valence-corrected chi connectivity index (χ1v) is 7.43. The largest absolute Gasteiger partial charge is 0.349 e. The number of carbonyl (C=O) groups excluding carboxylic acids is 1. The van der Waals surface area contributed by atoms with E-state index in [-0.39, 0.29) is 5.91 Å². The van der Waals surface area contributed by atoms with Gasteiger partial charge in [0, 0.05) is 16.1 Å². The fraction of sp³-hybridized carbons (Fsp3) is 0.533. The van der Waals surface area contributed by atoms with Crippen LogP contribution in [0, 0.1) is 11.8 Å². The molecule has 0 heterocycles. The minimum Gasteiger partial charge on any atom is -0.349 e. The first-order chi connectivity index (χ1) is 8.58. The van der Waals surface area contributed by atoms with Crippen LogP contribution in [0.1, 0.15) is 43.5 Å². The lowest BCUT2D eigenvalue weighted by Crippen LogP contribution is -2.43. The predicted octanol–water partition coefficient (Wildman–Crippen LogP) is 4.00. The standard InChI is InChI=1S/C15H20BrNO/c1-10-5-3-8-14(11(10)2)17-15(18)12-6-4-7-13(16)9-12/h4,6-7,9-11,14H,3,5,8H2,1-2H3,(H,17,18)/t10-,11+,14-/m0/s1. The second kappa shape index (κ2) is 5.87. The lowest BCUT2D eigenvalue weighted by Gasteiger charge is -2.34. The van der Waals surface area contributed by atoms with Crippen LogP contribution in [0.2, 0.25) is 0 Å². The van der Waals surface area contributed by atoms with Gasteiger partial charge in [-0.2, -0.15) is 0 Å². The summed E-state index contributed by atoms with van der Waals surface area (Å²) in [4.78, 5) is 12.2. The molecular weight excluding hydrogens is 290 g/mol. The number of amides is 1. The number of halogens is 1. The molecule has 0 spiro atoms. The van der Waals surface area contributed by atoms with Gasteiger partial charge in [0.2, 0.25) is 0 Å². The molecule has 18 heavy (non-hydrogen) atoms. The Hall–Kier alpha value is -0.830. The monoisotopic (exact) mass is 309 g/mol. The Kier molecular flexibility index (Phi) is 4.44. The quantitative estimate of drug-likeness (QED) is 0.879. The second-order valence-corrected chi connectivity index (χ2v) is 6.27. The Balaban J connectivity index is 2.03. The van der Waals surface area contributed by atoms with Crippen molar-refractivity contribution in [2.24, 2.45) is 11.8 Å². The lowest BCUT2D eigenvalue weighted by molar-refractivity contribution is 0.0891. The Labute approximate surface area is 117 Å². The molecule has 0 saturated heterocycles. The van der Waals surface area contributed by atoms with Gasteiger partial charge in [0.1, 0.15) is 0 Å². The second-order valence-electron chi connectivity index (χ2n) is 5.36.